The first-order valence-corrected chi connectivity index (χ1v) is 5.64. The first-order chi connectivity index (χ1) is 5.12. The predicted octanol–water partition coefficient (Wildman–Crippen LogP) is 1.13. The van der Waals surface area contributed by atoms with Crippen LogP contribution in [0.4, 0.5) is 0 Å². The van der Waals surface area contributed by atoms with Crippen molar-refractivity contribution in [3.63, 3.8) is 0 Å². The lowest BCUT2D eigenvalue weighted by Crippen LogP contribution is -2.19. The number of nitrogens with zero attached hydrogens (tertiary/aromatic N) is 1. The summed E-state index contributed by atoms with van der Waals surface area (Å²) in [7, 11) is -3.08. The average molecular weight is 178 g/mol. The summed E-state index contributed by atoms with van der Waals surface area (Å²) >= 11 is 0. The van der Waals surface area contributed by atoms with E-state index in [9.17, 15) is 8.42 Å². The maximum Gasteiger partial charge on any atom is 0.227 e. The van der Waals surface area contributed by atoms with Gasteiger partial charge >= 0.3 is 0 Å². The van der Waals surface area contributed by atoms with E-state index in [1.54, 1.807) is 6.92 Å². The van der Waals surface area contributed by atoms with Crippen LogP contribution in [0.25, 0.3) is 0 Å². The summed E-state index contributed by atoms with van der Waals surface area (Å²) in [6.07, 6.45) is 2.75. The van der Waals surface area contributed by atoms with Gasteiger partial charge in [0.25, 0.3) is 0 Å². The largest absolute Gasteiger partial charge is 0.227 e. The molecule has 0 aliphatic carbocycles. The van der Waals surface area contributed by atoms with Crippen LogP contribution in [0.5, 0.6) is 0 Å². The fraction of sp³-hybridized carbons (Fsp3) is 1.00. The van der Waals surface area contributed by atoms with E-state index >= 15 is 0 Å². The molecule has 0 N–H and O–H groups in total. The Morgan fingerprint density at radius 1 is 1.18 bits per heavy atom. The average Bonchev–Trinajstić information content (AvgIpc) is 1.87. The van der Waals surface area contributed by atoms with Crippen molar-refractivity contribution in [1.29, 1.82) is 0 Å². The minimum Gasteiger partial charge on any atom is -0.211 e. The molecule has 0 fully saturated rings. The zero-order chi connectivity index (χ0) is 8.74. The molecule has 11 heavy (non-hydrogen) atoms. The maximum absolute atomic E-state index is 10.9. The Labute approximate surface area is 69.2 Å². The van der Waals surface area contributed by atoms with E-state index < -0.39 is 10.0 Å². The zero-order valence-electron chi connectivity index (χ0n) is 7.21. The third-order valence-corrected chi connectivity index (χ3v) is 2.79. The Bertz CT molecular complexity index is 175. The van der Waals surface area contributed by atoms with Crippen LogP contribution in [0.3, 0.4) is 0 Å². The summed E-state index contributed by atoms with van der Waals surface area (Å²) in [4.78, 5) is 0. The molecule has 3 nitrogen and oxygen atoms in total. The number of hydrogen-bond acceptors (Lipinski definition) is 2. The highest BCUT2D eigenvalue weighted by Crippen LogP contribution is 1.97. The van der Waals surface area contributed by atoms with Crippen LogP contribution in [0.1, 0.15) is 33.1 Å². The van der Waals surface area contributed by atoms with Crippen molar-refractivity contribution < 1.29 is 8.42 Å². The number of sulfonamides is 1. The molecule has 0 aliphatic heterocycles. The van der Waals surface area contributed by atoms with Crippen molar-refractivity contribution >= 4 is 10.0 Å². The van der Waals surface area contributed by atoms with E-state index in [4.69, 9.17) is 0 Å². The molecule has 0 saturated carbocycles. The SMILES string of the molecule is CCCCCS(=O)(=O)[N]CC. The second kappa shape index (κ2) is 5.55. The lowest BCUT2D eigenvalue weighted by atomic mass is 10.3. The lowest BCUT2D eigenvalue weighted by molar-refractivity contribution is 0.577. The molecule has 0 spiro atoms. The molecule has 0 aromatic rings. The fourth-order valence-electron chi connectivity index (χ4n) is 0.796. The van der Waals surface area contributed by atoms with Crippen molar-refractivity contribution in [2.45, 2.75) is 33.1 Å². The van der Waals surface area contributed by atoms with Gasteiger partial charge in [-0.3, -0.25) is 0 Å². The van der Waals surface area contributed by atoms with Crippen LogP contribution in [0.2, 0.25) is 0 Å². The molecule has 0 atom stereocenters. The lowest BCUT2D eigenvalue weighted by Gasteiger charge is -1.99. The van der Waals surface area contributed by atoms with Crippen LogP contribution < -0.4 is 4.72 Å². The molecular formula is C7H16NO2S. The summed E-state index contributed by atoms with van der Waals surface area (Å²) in [5.74, 6) is 0.217. The number of rotatable bonds is 6. The molecule has 0 aromatic carbocycles. The molecule has 0 rings (SSSR count). The van der Waals surface area contributed by atoms with Gasteiger partial charge in [-0.25, -0.2) is 8.42 Å². The number of hydrogen-bond donors (Lipinski definition) is 0. The van der Waals surface area contributed by atoms with Gasteiger partial charge in [-0.15, -0.1) is 4.72 Å². The van der Waals surface area contributed by atoms with E-state index in [0.29, 0.717) is 6.54 Å². The first-order valence-electron chi connectivity index (χ1n) is 4.04. The van der Waals surface area contributed by atoms with E-state index in [0.717, 1.165) is 19.3 Å². The van der Waals surface area contributed by atoms with Gasteiger partial charge in [0.2, 0.25) is 10.0 Å². The third kappa shape index (κ3) is 6.31. The second-order valence-electron chi connectivity index (χ2n) is 2.44. The molecular weight excluding hydrogens is 162 g/mol. The Kier molecular flexibility index (Phi) is 5.50. The standard InChI is InChI=1S/C7H16NO2S/c1-3-5-6-7-11(9,10)8-4-2/h3-7H2,1-2H3. The van der Waals surface area contributed by atoms with Crippen molar-refractivity contribution in [3.8, 4) is 0 Å². The molecule has 0 aromatic heterocycles. The second-order valence-corrected chi connectivity index (χ2v) is 4.27. The summed E-state index contributed by atoms with van der Waals surface area (Å²) in [5, 5.41) is 0. The predicted molar refractivity (Wildman–Crippen MR) is 46.0 cm³/mol. The van der Waals surface area contributed by atoms with Crippen LogP contribution in [0, 0.1) is 0 Å². The van der Waals surface area contributed by atoms with Gasteiger partial charge in [0.15, 0.2) is 0 Å². The molecule has 0 unspecified atom stereocenters. The van der Waals surface area contributed by atoms with E-state index in [1.807, 2.05) is 6.92 Å². The van der Waals surface area contributed by atoms with E-state index in [2.05, 4.69) is 4.72 Å². The Morgan fingerprint density at radius 2 is 1.82 bits per heavy atom. The zero-order valence-corrected chi connectivity index (χ0v) is 8.02. The highest BCUT2D eigenvalue weighted by molar-refractivity contribution is 7.89. The van der Waals surface area contributed by atoms with Gasteiger partial charge < -0.3 is 0 Å². The smallest absolute Gasteiger partial charge is 0.211 e. The fourth-order valence-corrected chi connectivity index (χ4v) is 1.89. The molecule has 0 heterocycles. The molecule has 0 saturated heterocycles. The topological polar surface area (TPSA) is 48.2 Å². The molecule has 0 aliphatic rings. The highest BCUT2D eigenvalue weighted by Gasteiger charge is 2.07. The Balaban J connectivity index is 3.56. The summed E-state index contributed by atoms with van der Waals surface area (Å²) in [6, 6.07) is 0. The minimum atomic E-state index is -3.08. The van der Waals surface area contributed by atoms with Gasteiger partial charge in [-0.1, -0.05) is 19.8 Å². The van der Waals surface area contributed by atoms with Crippen molar-refractivity contribution in [2.24, 2.45) is 0 Å². The van der Waals surface area contributed by atoms with Gasteiger partial charge in [-0.2, -0.15) is 0 Å². The van der Waals surface area contributed by atoms with Crippen molar-refractivity contribution in [3.05, 3.63) is 0 Å². The van der Waals surface area contributed by atoms with Gasteiger partial charge in [0, 0.05) is 6.54 Å². The van der Waals surface area contributed by atoms with Crippen molar-refractivity contribution in [2.75, 3.05) is 12.3 Å². The van der Waals surface area contributed by atoms with Gasteiger partial charge in [0.1, 0.15) is 0 Å². The Morgan fingerprint density at radius 3 is 2.27 bits per heavy atom. The highest BCUT2D eigenvalue weighted by atomic mass is 32.2. The quantitative estimate of drug-likeness (QED) is 0.572. The molecule has 0 bridgehead atoms. The van der Waals surface area contributed by atoms with E-state index in [1.165, 1.54) is 0 Å². The van der Waals surface area contributed by atoms with Crippen LogP contribution in [0.15, 0.2) is 0 Å². The summed E-state index contributed by atoms with van der Waals surface area (Å²) in [5.41, 5.74) is 0. The maximum atomic E-state index is 10.9. The summed E-state index contributed by atoms with van der Waals surface area (Å²) < 4.78 is 25.4. The normalized spacial score (nSPS) is 11.8. The molecule has 1 radical (unpaired) electrons. The minimum absolute atomic E-state index is 0.217. The van der Waals surface area contributed by atoms with Gasteiger partial charge in [-0.05, 0) is 13.3 Å². The van der Waals surface area contributed by atoms with Crippen LogP contribution in [-0.2, 0) is 10.0 Å². The molecule has 4 heteroatoms. The third-order valence-electron chi connectivity index (χ3n) is 1.33. The van der Waals surface area contributed by atoms with Gasteiger partial charge in [0.05, 0.1) is 5.75 Å². The molecule has 0 amide bonds. The summed E-state index contributed by atoms with van der Waals surface area (Å²) in [6.45, 7) is 4.15. The first kappa shape index (κ1) is 10.9. The monoisotopic (exact) mass is 178 g/mol. The Hall–Kier alpha value is -0.0900. The van der Waals surface area contributed by atoms with E-state index in [-0.39, 0.29) is 5.75 Å². The number of unbranched alkanes of at least 4 members (excludes halogenated alkanes) is 2. The molecule has 67 valence electrons. The van der Waals surface area contributed by atoms with Crippen LogP contribution in [-0.4, -0.2) is 20.7 Å². The van der Waals surface area contributed by atoms with Crippen molar-refractivity contribution in [1.82, 2.24) is 4.72 Å². The van der Waals surface area contributed by atoms with Crippen LogP contribution >= 0.6 is 0 Å².